The molecule has 0 spiro atoms. The Kier molecular flexibility index (Phi) is 6.01. The van der Waals surface area contributed by atoms with Gasteiger partial charge in [0.25, 0.3) is 0 Å². The smallest absolute Gasteiger partial charge is 0.397 e. The van der Waals surface area contributed by atoms with Gasteiger partial charge in [0.2, 0.25) is 0 Å². The van der Waals surface area contributed by atoms with E-state index in [1.54, 1.807) is 13.0 Å². The van der Waals surface area contributed by atoms with E-state index in [0.29, 0.717) is 25.7 Å². The SMILES string of the molecule is C=C1CC[C@@H]2[C@](C)(CO)[C@H](OS(=O)(=O)O)CC[C@@]2(C)[C@@H]1C/C=C1\C(=O)OC[C@@H]1O. The van der Waals surface area contributed by atoms with Crippen LogP contribution in [0.4, 0.5) is 0 Å². The molecule has 3 rings (SSSR count). The molecule has 0 aromatic heterocycles. The van der Waals surface area contributed by atoms with Gasteiger partial charge in [-0.15, -0.1) is 0 Å². The van der Waals surface area contributed by atoms with E-state index in [2.05, 4.69) is 13.5 Å². The minimum atomic E-state index is -4.64. The van der Waals surface area contributed by atoms with Crippen LogP contribution in [0.3, 0.4) is 0 Å². The summed E-state index contributed by atoms with van der Waals surface area (Å²) in [5.41, 5.74) is 0.129. The molecule has 0 unspecified atom stereocenters. The molecule has 9 heteroatoms. The van der Waals surface area contributed by atoms with Crippen LogP contribution in [0.1, 0.15) is 46.0 Å². The van der Waals surface area contributed by atoms with E-state index in [1.165, 1.54) is 0 Å². The predicted molar refractivity (Wildman–Crippen MR) is 104 cm³/mol. The number of allylic oxidation sites excluding steroid dienone is 2. The number of fused-ring (bicyclic) bond motifs is 1. The lowest BCUT2D eigenvalue weighted by Crippen LogP contribution is -2.58. The third-order valence-electron chi connectivity index (χ3n) is 7.43. The summed E-state index contributed by atoms with van der Waals surface area (Å²) in [7, 11) is -4.64. The molecule has 3 N–H and O–H groups in total. The number of hydrogen-bond donors (Lipinski definition) is 3. The average molecular weight is 431 g/mol. The van der Waals surface area contributed by atoms with Crippen LogP contribution in [-0.2, 0) is 24.1 Å². The third kappa shape index (κ3) is 4.03. The largest absolute Gasteiger partial charge is 0.459 e. The fourth-order valence-corrected chi connectivity index (χ4v) is 6.46. The number of hydrogen-bond acceptors (Lipinski definition) is 7. The van der Waals surface area contributed by atoms with Gasteiger partial charge in [-0.1, -0.05) is 32.1 Å². The second-order valence-corrected chi connectivity index (χ2v) is 10.1. The minimum Gasteiger partial charge on any atom is -0.459 e. The first-order valence-corrected chi connectivity index (χ1v) is 11.3. The first-order chi connectivity index (χ1) is 13.4. The summed E-state index contributed by atoms with van der Waals surface area (Å²) in [4.78, 5) is 11.8. The molecule has 0 aromatic carbocycles. The number of aliphatic hydroxyl groups is 2. The molecular weight excluding hydrogens is 400 g/mol. The lowest BCUT2D eigenvalue weighted by atomic mass is 9.46. The summed E-state index contributed by atoms with van der Waals surface area (Å²) < 4.78 is 41.7. The van der Waals surface area contributed by atoms with Gasteiger partial charge < -0.3 is 14.9 Å². The molecule has 8 nitrogen and oxygen atoms in total. The molecule has 1 aliphatic heterocycles. The first-order valence-electron chi connectivity index (χ1n) is 9.92. The van der Waals surface area contributed by atoms with E-state index < -0.39 is 34.0 Å². The fraction of sp³-hybridized carbons (Fsp3) is 0.750. The van der Waals surface area contributed by atoms with Crippen molar-refractivity contribution in [2.24, 2.45) is 22.7 Å². The van der Waals surface area contributed by atoms with Crippen molar-refractivity contribution < 1.29 is 36.9 Å². The Balaban J connectivity index is 1.91. The van der Waals surface area contributed by atoms with Crippen molar-refractivity contribution in [2.45, 2.75) is 58.2 Å². The molecule has 0 amide bonds. The molecule has 1 heterocycles. The summed E-state index contributed by atoms with van der Waals surface area (Å²) in [6.07, 6.45) is 2.87. The van der Waals surface area contributed by atoms with Crippen LogP contribution in [0.15, 0.2) is 23.8 Å². The molecule has 0 bridgehead atoms. The van der Waals surface area contributed by atoms with Crippen molar-refractivity contribution in [2.75, 3.05) is 13.2 Å². The topological polar surface area (TPSA) is 130 Å². The summed E-state index contributed by atoms with van der Waals surface area (Å²) >= 11 is 0. The zero-order chi connectivity index (χ0) is 21.6. The number of rotatable bonds is 5. The van der Waals surface area contributed by atoms with Gasteiger partial charge in [0.05, 0.1) is 18.3 Å². The molecule has 3 aliphatic rings. The zero-order valence-electron chi connectivity index (χ0n) is 16.8. The Morgan fingerprint density at radius 2 is 2.03 bits per heavy atom. The van der Waals surface area contributed by atoms with Crippen LogP contribution < -0.4 is 0 Å². The lowest BCUT2D eigenvalue weighted by Gasteiger charge is -2.60. The van der Waals surface area contributed by atoms with Crippen molar-refractivity contribution in [1.29, 1.82) is 0 Å². The highest BCUT2D eigenvalue weighted by atomic mass is 32.3. The second kappa shape index (κ2) is 7.77. The zero-order valence-corrected chi connectivity index (χ0v) is 17.7. The van der Waals surface area contributed by atoms with Crippen LogP contribution in [-0.4, -0.2) is 54.6 Å². The quantitative estimate of drug-likeness (QED) is 0.260. The van der Waals surface area contributed by atoms with Crippen LogP contribution in [0, 0.1) is 22.7 Å². The third-order valence-corrected chi connectivity index (χ3v) is 7.91. The molecule has 2 saturated carbocycles. The normalized spacial score (nSPS) is 42.0. The number of carbonyl (C=O) groups excluding carboxylic acids is 1. The van der Waals surface area contributed by atoms with Crippen LogP contribution in [0.5, 0.6) is 0 Å². The fourth-order valence-electron chi connectivity index (χ4n) is 5.85. The van der Waals surface area contributed by atoms with Gasteiger partial charge in [-0.2, -0.15) is 8.42 Å². The van der Waals surface area contributed by atoms with Gasteiger partial charge in [0, 0.05) is 5.41 Å². The standard InChI is InChI=1S/C20H30O8S/c1-12-4-7-16-19(2,14(12)6-5-13-15(22)10-27-18(13)23)9-8-17(20(16,3)11-21)28-29(24,25)26/h5,14-17,21-22H,1,4,6-11H2,2-3H3,(H,24,25,26)/b13-5-/t14-,15+,16+,17-,19+,20+/m1/s1. The van der Waals surface area contributed by atoms with Crippen LogP contribution in [0.2, 0.25) is 0 Å². The maximum Gasteiger partial charge on any atom is 0.397 e. The number of aliphatic hydroxyl groups excluding tert-OH is 2. The Bertz CT molecular complexity index is 818. The molecule has 2 aliphatic carbocycles. The number of esters is 1. The van der Waals surface area contributed by atoms with E-state index in [0.717, 1.165) is 12.0 Å². The summed E-state index contributed by atoms with van der Waals surface area (Å²) in [5.74, 6) is -0.590. The van der Waals surface area contributed by atoms with Gasteiger partial charge in [0.15, 0.2) is 0 Å². The summed E-state index contributed by atoms with van der Waals surface area (Å²) in [6, 6.07) is 0. The van der Waals surface area contributed by atoms with Crippen molar-refractivity contribution in [3.05, 3.63) is 23.8 Å². The highest BCUT2D eigenvalue weighted by Gasteiger charge is 2.58. The monoisotopic (exact) mass is 430 g/mol. The second-order valence-electron chi connectivity index (χ2n) is 9.03. The van der Waals surface area contributed by atoms with Gasteiger partial charge in [-0.05, 0) is 49.4 Å². The van der Waals surface area contributed by atoms with Gasteiger partial charge in [0.1, 0.15) is 12.7 Å². The molecule has 1 saturated heterocycles. The minimum absolute atomic E-state index is 0.00749. The maximum atomic E-state index is 11.8. The van der Waals surface area contributed by atoms with Crippen molar-refractivity contribution in [3.63, 3.8) is 0 Å². The molecule has 164 valence electrons. The Labute approximate surface area is 171 Å². The van der Waals surface area contributed by atoms with E-state index in [4.69, 9.17) is 8.92 Å². The lowest BCUT2D eigenvalue weighted by molar-refractivity contribution is -0.142. The van der Waals surface area contributed by atoms with Crippen molar-refractivity contribution in [3.8, 4) is 0 Å². The van der Waals surface area contributed by atoms with Gasteiger partial charge >= 0.3 is 16.4 Å². The molecule has 0 radical (unpaired) electrons. The average Bonchev–Trinajstić information content (AvgIpc) is 2.94. The van der Waals surface area contributed by atoms with E-state index in [9.17, 15) is 28.0 Å². The highest BCUT2D eigenvalue weighted by Crippen LogP contribution is 2.62. The highest BCUT2D eigenvalue weighted by molar-refractivity contribution is 7.80. The Morgan fingerprint density at radius 3 is 2.59 bits per heavy atom. The summed E-state index contributed by atoms with van der Waals surface area (Å²) in [6.45, 7) is 7.82. The molecule has 3 fully saturated rings. The van der Waals surface area contributed by atoms with E-state index in [1.807, 2.05) is 0 Å². The van der Waals surface area contributed by atoms with Crippen LogP contribution >= 0.6 is 0 Å². The molecule has 6 atom stereocenters. The first kappa shape index (κ1) is 22.4. The maximum absolute atomic E-state index is 11.8. The van der Waals surface area contributed by atoms with Gasteiger partial charge in [-0.25, -0.2) is 8.98 Å². The van der Waals surface area contributed by atoms with Gasteiger partial charge in [-0.3, -0.25) is 4.55 Å². The Morgan fingerprint density at radius 1 is 1.34 bits per heavy atom. The van der Waals surface area contributed by atoms with E-state index in [-0.39, 0.29) is 36.0 Å². The van der Waals surface area contributed by atoms with Crippen molar-refractivity contribution >= 4 is 16.4 Å². The Hall–Kier alpha value is -1.26. The summed E-state index contributed by atoms with van der Waals surface area (Å²) in [5, 5.41) is 20.2. The number of ether oxygens (including phenoxy) is 1. The number of cyclic esters (lactones) is 1. The van der Waals surface area contributed by atoms with Crippen LogP contribution in [0.25, 0.3) is 0 Å². The molecule has 29 heavy (non-hydrogen) atoms. The van der Waals surface area contributed by atoms with Crippen molar-refractivity contribution in [1.82, 2.24) is 0 Å². The molecule has 0 aromatic rings. The molecular formula is C20H30O8S. The number of carbonyl (C=O) groups is 1. The predicted octanol–water partition coefficient (Wildman–Crippen LogP) is 1.79. The van der Waals surface area contributed by atoms with E-state index >= 15 is 0 Å².